The molecule has 0 saturated carbocycles. The number of ether oxygens (including phenoxy) is 1. The third kappa shape index (κ3) is 4.65. The van der Waals surface area contributed by atoms with Crippen molar-refractivity contribution < 1.29 is 29.0 Å². The second-order valence-electron chi connectivity index (χ2n) is 5.78. The van der Waals surface area contributed by atoms with Gasteiger partial charge in [0.25, 0.3) is 0 Å². The van der Waals surface area contributed by atoms with Crippen molar-refractivity contribution in [3.05, 3.63) is 0 Å². The summed E-state index contributed by atoms with van der Waals surface area (Å²) in [5.41, 5.74) is 0. The van der Waals surface area contributed by atoms with Gasteiger partial charge in [-0.1, -0.05) is 0 Å². The molecule has 0 aliphatic carbocycles. The van der Waals surface area contributed by atoms with Crippen LogP contribution in [0.1, 0.15) is 13.3 Å². The minimum absolute atomic E-state index is 0.107. The average molecular weight is 327 g/mol. The van der Waals surface area contributed by atoms with Crippen LogP contribution in [0.25, 0.3) is 0 Å². The van der Waals surface area contributed by atoms with Crippen LogP contribution in [0.15, 0.2) is 0 Å². The van der Waals surface area contributed by atoms with Gasteiger partial charge in [0.1, 0.15) is 6.54 Å². The van der Waals surface area contributed by atoms with E-state index >= 15 is 0 Å². The Labute approximate surface area is 133 Å². The molecule has 0 bridgehead atoms. The lowest BCUT2D eigenvalue weighted by Gasteiger charge is -2.36. The predicted molar refractivity (Wildman–Crippen MR) is 77.3 cm³/mol. The Kier molecular flexibility index (Phi) is 5.54. The maximum atomic E-state index is 12.4. The standard InChI is InChI=1S/C14H21N3O6/c1-9(18)17(8-13(20)21)7-11-6-16(2-3-23-11)14(22)10-4-12(19)15-5-10/h10-11H,2-8H2,1H3,(H,15,19)(H,20,21). The van der Waals surface area contributed by atoms with Gasteiger partial charge in [-0.05, 0) is 0 Å². The number of carbonyl (C=O) groups excluding carboxylic acids is 3. The zero-order valence-electron chi connectivity index (χ0n) is 13.0. The van der Waals surface area contributed by atoms with Crippen molar-refractivity contribution in [3.8, 4) is 0 Å². The number of nitrogens with one attached hydrogen (secondary N) is 1. The first-order chi connectivity index (χ1) is 10.9. The molecule has 2 aliphatic heterocycles. The van der Waals surface area contributed by atoms with Crippen LogP contribution in [0.5, 0.6) is 0 Å². The lowest BCUT2D eigenvalue weighted by atomic mass is 10.1. The van der Waals surface area contributed by atoms with Gasteiger partial charge in [0.15, 0.2) is 0 Å². The molecule has 3 amide bonds. The second kappa shape index (κ2) is 7.40. The fraction of sp³-hybridized carbons (Fsp3) is 0.714. The molecule has 0 radical (unpaired) electrons. The van der Waals surface area contributed by atoms with Crippen molar-refractivity contribution in [1.29, 1.82) is 0 Å². The molecule has 2 fully saturated rings. The Morgan fingerprint density at radius 3 is 2.74 bits per heavy atom. The first kappa shape index (κ1) is 17.2. The third-order valence-electron chi connectivity index (χ3n) is 3.97. The van der Waals surface area contributed by atoms with Gasteiger partial charge in [-0.25, -0.2) is 0 Å². The first-order valence-electron chi connectivity index (χ1n) is 7.51. The number of rotatable bonds is 5. The largest absolute Gasteiger partial charge is 0.480 e. The summed E-state index contributed by atoms with van der Waals surface area (Å²) in [7, 11) is 0. The number of nitrogens with zero attached hydrogens (tertiary/aromatic N) is 2. The third-order valence-corrected chi connectivity index (χ3v) is 3.97. The highest BCUT2D eigenvalue weighted by Gasteiger charge is 2.34. The number of hydrogen-bond donors (Lipinski definition) is 2. The first-order valence-corrected chi connectivity index (χ1v) is 7.51. The molecular formula is C14H21N3O6. The van der Waals surface area contributed by atoms with E-state index in [4.69, 9.17) is 9.84 Å². The van der Waals surface area contributed by atoms with Crippen molar-refractivity contribution in [2.45, 2.75) is 19.4 Å². The van der Waals surface area contributed by atoms with E-state index in [2.05, 4.69) is 5.32 Å². The van der Waals surface area contributed by atoms with E-state index in [1.165, 1.54) is 11.8 Å². The summed E-state index contributed by atoms with van der Waals surface area (Å²) >= 11 is 0. The zero-order chi connectivity index (χ0) is 17.0. The Hall–Kier alpha value is -2.16. The van der Waals surface area contributed by atoms with Crippen LogP contribution >= 0.6 is 0 Å². The Morgan fingerprint density at radius 2 is 2.17 bits per heavy atom. The number of carbonyl (C=O) groups is 4. The number of carboxylic acids is 1. The van der Waals surface area contributed by atoms with Gasteiger partial charge in [-0.15, -0.1) is 0 Å². The van der Waals surface area contributed by atoms with Crippen LogP contribution in [-0.4, -0.2) is 84.0 Å². The van der Waals surface area contributed by atoms with Gasteiger partial charge in [0.2, 0.25) is 17.7 Å². The van der Waals surface area contributed by atoms with Crippen molar-refractivity contribution >= 4 is 23.7 Å². The molecule has 23 heavy (non-hydrogen) atoms. The molecule has 9 nitrogen and oxygen atoms in total. The monoisotopic (exact) mass is 327 g/mol. The summed E-state index contributed by atoms with van der Waals surface area (Å²) in [5.74, 6) is -2.05. The predicted octanol–water partition coefficient (Wildman–Crippen LogP) is -1.72. The number of carboxylic acid groups (broad SMARTS) is 1. The molecule has 128 valence electrons. The molecule has 2 rings (SSSR count). The molecule has 9 heteroatoms. The summed E-state index contributed by atoms with van der Waals surface area (Å²) in [6.07, 6.45) is -0.236. The number of aliphatic carboxylic acids is 1. The summed E-state index contributed by atoms with van der Waals surface area (Å²) in [4.78, 5) is 48.7. The van der Waals surface area contributed by atoms with Crippen LogP contribution in [-0.2, 0) is 23.9 Å². The number of hydrogen-bond acceptors (Lipinski definition) is 5. The molecule has 2 saturated heterocycles. The van der Waals surface area contributed by atoms with Crippen molar-refractivity contribution in [3.63, 3.8) is 0 Å². The molecule has 0 aromatic carbocycles. The molecule has 0 spiro atoms. The maximum Gasteiger partial charge on any atom is 0.323 e. The van der Waals surface area contributed by atoms with Gasteiger partial charge in [-0.2, -0.15) is 0 Å². The van der Waals surface area contributed by atoms with E-state index in [1.54, 1.807) is 4.90 Å². The molecular weight excluding hydrogens is 306 g/mol. The van der Waals surface area contributed by atoms with Crippen LogP contribution in [0.3, 0.4) is 0 Å². The topological polar surface area (TPSA) is 116 Å². The van der Waals surface area contributed by atoms with Crippen molar-refractivity contribution in [1.82, 2.24) is 15.1 Å². The van der Waals surface area contributed by atoms with E-state index in [-0.39, 0.29) is 43.1 Å². The highest BCUT2D eigenvalue weighted by Crippen LogP contribution is 2.16. The minimum atomic E-state index is -1.10. The highest BCUT2D eigenvalue weighted by molar-refractivity contribution is 5.89. The van der Waals surface area contributed by atoms with Crippen LogP contribution in [0.2, 0.25) is 0 Å². The quantitative estimate of drug-likeness (QED) is 0.621. The Bertz CT molecular complexity index is 509. The van der Waals surface area contributed by atoms with E-state index in [0.29, 0.717) is 19.7 Å². The lowest BCUT2D eigenvalue weighted by molar-refractivity contribution is -0.149. The number of morpholine rings is 1. The van der Waals surface area contributed by atoms with E-state index in [1.807, 2.05) is 0 Å². The van der Waals surface area contributed by atoms with Crippen molar-refractivity contribution in [2.75, 3.05) is 39.3 Å². The Balaban J connectivity index is 1.91. The molecule has 2 aliphatic rings. The summed E-state index contributed by atoms with van der Waals surface area (Å²) < 4.78 is 5.54. The van der Waals surface area contributed by atoms with E-state index in [0.717, 1.165) is 0 Å². The smallest absolute Gasteiger partial charge is 0.323 e. The molecule has 0 aromatic heterocycles. The van der Waals surface area contributed by atoms with E-state index in [9.17, 15) is 19.2 Å². The fourth-order valence-corrected chi connectivity index (χ4v) is 2.78. The number of amides is 3. The van der Waals surface area contributed by atoms with Crippen molar-refractivity contribution in [2.24, 2.45) is 5.92 Å². The highest BCUT2D eigenvalue weighted by atomic mass is 16.5. The average Bonchev–Trinajstić information content (AvgIpc) is 2.92. The normalized spacial score (nSPS) is 24.2. The summed E-state index contributed by atoms with van der Waals surface area (Å²) in [6.45, 7) is 2.40. The molecule has 0 aromatic rings. The van der Waals surface area contributed by atoms with Gasteiger partial charge in [0.05, 0.1) is 18.6 Å². The molecule has 2 atom stereocenters. The molecule has 2 N–H and O–H groups in total. The van der Waals surface area contributed by atoms with Crippen LogP contribution in [0.4, 0.5) is 0 Å². The zero-order valence-corrected chi connectivity index (χ0v) is 13.0. The van der Waals surface area contributed by atoms with Gasteiger partial charge < -0.3 is 25.0 Å². The van der Waals surface area contributed by atoms with Gasteiger partial charge >= 0.3 is 5.97 Å². The fourth-order valence-electron chi connectivity index (χ4n) is 2.78. The van der Waals surface area contributed by atoms with E-state index < -0.39 is 18.6 Å². The SMILES string of the molecule is CC(=O)N(CC(=O)O)CC1CN(C(=O)C2CNC(=O)C2)CCO1. The Morgan fingerprint density at radius 1 is 1.43 bits per heavy atom. The summed E-state index contributed by atoms with van der Waals surface area (Å²) in [5, 5.41) is 11.5. The molecule has 2 unspecified atom stereocenters. The van der Waals surface area contributed by atoms with Gasteiger partial charge in [0, 0.05) is 39.5 Å². The van der Waals surface area contributed by atoms with Crippen LogP contribution < -0.4 is 5.32 Å². The summed E-state index contributed by atoms with van der Waals surface area (Å²) in [6, 6.07) is 0. The maximum absolute atomic E-state index is 12.4. The lowest BCUT2D eigenvalue weighted by Crippen LogP contribution is -2.52. The minimum Gasteiger partial charge on any atom is -0.480 e. The van der Waals surface area contributed by atoms with Gasteiger partial charge in [-0.3, -0.25) is 19.2 Å². The van der Waals surface area contributed by atoms with Crippen LogP contribution in [0, 0.1) is 5.92 Å². The second-order valence-corrected chi connectivity index (χ2v) is 5.78. The molecule has 2 heterocycles.